The molecule has 0 fully saturated rings. The number of fused-ring (bicyclic) bond motifs is 1. The van der Waals surface area contributed by atoms with Crippen molar-refractivity contribution in [2.75, 3.05) is 11.4 Å². The zero-order chi connectivity index (χ0) is 17.3. The van der Waals surface area contributed by atoms with Crippen LogP contribution in [0.2, 0.25) is 0 Å². The van der Waals surface area contributed by atoms with E-state index >= 15 is 8.78 Å². The van der Waals surface area contributed by atoms with Crippen LogP contribution in [0.25, 0.3) is 0 Å². The van der Waals surface area contributed by atoms with Crippen LogP contribution in [0.5, 0.6) is 5.75 Å². The Morgan fingerprint density at radius 3 is 2.57 bits per heavy atom. The fourth-order valence-corrected chi connectivity index (χ4v) is 3.04. The zero-order valence-electron chi connectivity index (χ0n) is 14.0. The molecule has 5 heteroatoms. The van der Waals surface area contributed by atoms with E-state index in [0.717, 1.165) is 20.3 Å². The third kappa shape index (κ3) is 2.71. The van der Waals surface area contributed by atoms with Crippen molar-refractivity contribution < 1.29 is 18.6 Å². The van der Waals surface area contributed by atoms with Crippen LogP contribution in [-0.2, 0) is 0 Å². The molecule has 23 heavy (non-hydrogen) atoms. The molecule has 3 nitrogen and oxygen atoms in total. The van der Waals surface area contributed by atoms with E-state index < -0.39 is 17.2 Å². The van der Waals surface area contributed by atoms with Crippen LogP contribution in [0, 0.1) is 0 Å². The van der Waals surface area contributed by atoms with Gasteiger partial charge < -0.3 is 14.7 Å². The van der Waals surface area contributed by atoms with E-state index in [2.05, 4.69) is 6.58 Å². The third-order valence-electron chi connectivity index (χ3n) is 4.31. The summed E-state index contributed by atoms with van der Waals surface area (Å²) in [6, 6.07) is 6.98. The van der Waals surface area contributed by atoms with Crippen LogP contribution in [0.15, 0.2) is 36.9 Å². The molecule has 1 heterocycles. The van der Waals surface area contributed by atoms with Crippen LogP contribution >= 0.6 is 0 Å². The molecule has 0 aromatic heterocycles. The van der Waals surface area contributed by atoms with Gasteiger partial charge in [0.1, 0.15) is 11.4 Å². The Bertz CT molecular complexity index is 568. The van der Waals surface area contributed by atoms with Gasteiger partial charge in [0.05, 0.1) is 5.69 Å². The molecule has 1 aromatic rings. The van der Waals surface area contributed by atoms with Crippen molar-refractivity contribution in [2.24, 2.45) is 0 Å². The molecule has 2 rings (SSSR count). The van der Waals surface area contributed by atoms with E-state index in [0.29, 0.717) is 17.9 Å². The quantitative estimate of drug-likeness (QED) is 0.756. The number of para-hydroxylation sites is 2. The first-order valence-electron chi connectivity index (χ1n) is 7.98. The van der Waals surface area contributed by atoms with Gasteiger partial charge in [-0.3, -0.25) is 0 Å². The molecule has 1 unspecified atom stereocenters. The summed E-state index contributed by atoms with van der Waals surface area (Å²) in [4.78, 5) is 1.53. The number of rotatable bonds is 7. The van der Waals surface area contributed by atoms with Crippen molar-refractivity contribution in [2.45, 2.75) is 57.3 Å². The Morgan fingerprint density at radius 1 is 1.35 bits per heavy atom. The average Bonchev–Trinajstić information content (AvgIpc) is 2.80. The second-order valence-corrected chi connectivity index (χ2v) is 6.49. The van der Waals surface area contributed by atoms with E-state index in [1.165, 1.54) is 4.90 Å². The predicted molar refractivity (Wildman–Crippen MR) is 88.1 cm³/mol. The summed E-state index contributed by atoms with van der Waals surface area (Å²) >= 11 is 0. The van der Waals surface area contributed by atoms with Gasteiger partial charge in [0.2, 0.25) is 5.72 Å². The van der Waals surface area contributed by atoms with E-state index in [4.69, 9.17) is 4.74 Å². The molecule has 0 saturated heterocycles. The smallest absolute Gasteiger partial charge is 0.333 e. The molecule has 0 amide bonds. The van der Waals surface area contributed by atoms with Crippen molar-refractivity contribution in [3.63, 3.8) is 0 Å². The summed E-state index contributed by atoms with van der Waals surface area (Å²) in [5.74, 6) is -3.06. The minimum atomic E-state index is -3.47. The second kappa shape index (κ2) is 6.11. The molecular weight excluding hydrogens is 300 g/mol. The van der Waals surface area contributed by atoms with Gasteiger partial charge in [0.15, 0.2) is 0 Å². The van der Waals surface area contributed by atoms with Gasteiger partial charge in [-0.25, -0.2) is 0 Å². The minimum absolute atomic E-state index is 0.114. The maximum absolute atomic E-state index is 15.3. The van der Waals surface area contributed by atoms with Crippen molar-refractivity contribution in [3.05, 3.63) is 36.9 Å². The number of aliphatic hydroxyl groups is 1. The lowest BCUT2D eigenvalue weighted by Crippen LogP contribution is -2.69. The first kappa shape index (κ1) is 17.7. The summed E-state index contributed by atoms with van der Waals surface area (Å²) in [6.07, 6.45) is 3.01. The Labute approximate surface area is 136 Å². The van der Waals surface area contributed by atoms with Gasteiger partial charge in [0.25, 0.3) is 0 Å². The van der Waals surface area contributed by atoms with Gasteiger partial charge in [0, 0.05) is 13.0 Å². The lowest BCUT2D eigenvalue weighted by molar-refractivity contribution is -0.250. The first-order chi connectivity index (χ1) is 10.7. The maximum Gasteiger partial charge on any atom is 0.333 e. The largest absolute Gasteiger partial charge is 0.459 e. The summed E-state index contributed by atoms with van der Waals surface area (Å²) in [5, 5.41) is 10.2. The topological polar surface area (TPSA) is 32.7 Å². The van der Waals surface area contributed by atoms with Gasteiger partial charge in [-0.1, -0.05) is 31.6 Å². The van der Waals surface area contributed by atoms with E-state index in [9.17, 15) is 5.11 Å². The summed E-state index contributed by atoms with van der Waals surface area (Å²) < 4.78 is 36.4. The number of hydrogen-bond donors (Lipinski definition) is 1. The number of benzene rings is 1. The van der Waals surface area contributed by atoms with Crippen molar-refractivity contribution in [1.82, 2.24) is 0 Å². The SMILES string of the molecule is C=CCN1c2ccccc2OC1(CCCC)C(F)(F)C(C)(C)O. The number of anilines is 1. The Morgan fingerprint density at radius 2 is 2.00 bits per heavy atom. The van der Waals surface area contributed by atoms with Crippen molar-refractivity contribution in [1.29, 1.82) is 0 Å². The predicted octanol–water partition coefficient (Wildman–Crippen LogP) is 4.36. The molecular formula is C18H25F2NO2. The molecule has 1 aliphatic rings. The summed E-state index contributed by atoms with van der Waals surface area (Å²) in [6.45, 7) is 8.09. The summed E-state index contributed by atoms with van der Waals surface area (Å²) in [7, 11) is 0. The highest BCUT2D eigenvalue weighted by Gasteiger charge is 2.68. The van der Waals surface area contributed by atoms with Gasteiger partial charge in [-0.2, -0.15) is 8.78 Å². The Kier molecular flexibility index (Phi) is 4.71. The van der Waals surface area contributed by atoms with Crippen LogP contribution in [-0.4, -0.2) is 28.9 Å². The zero-order valence-corrected chi connectivity index (χ0v) is 14.0. The van der Waals surface area contributed by atoms with Gasteiger partial charge in [-0.15, -0.1) is 6.58 Å². The first-order valence-corrected chi connectivity index (χ1v) is 7.98. The molecule has 128 valence electrons. The van der Waals surface area contributed by atoms with E-state index in [1.54, 1.807) is 30.3 Å². The van der Waals surface area contributed by atoms with Crippen molar-refractivity contribution >= 4 is 5.69 Å². The minimum Gasteiger partial charge on any atom is -0.459 e. The molecule has 1 N–H and O–H groups in total. The number of halogens is 2. The maximum atomic E-state index is 15.3. The Balaban J connectivity index is 2.60. The molecule has 0 bridgehead atoms. The van der Waals surface area contributed by atoms with Gasteiger partial charge in [-0.05, 0) is 32.4 Å². The molecule has 1 aliphatic heterocycles. The molecule has 1 aromatic carbocycles. The van der Waals surface area contributed by atoms with E-state index in [-0.39, 0.29) is 13.0 Å². The highest BCUT2D eigenvalue weighted by molar-refractivity contribution is 5.65. The number of nitrogens with zero attached hydrogens (tertiary/aromatic N) is 1. The van der Waals surface area contributed by atoms with Crippen LogP contribution in [0.3, 0.4) is 0 Å². The van der Waals surface area contributed by atoms with Crippen LogP contribution < -0.4 is 9.64 Å². The lowest BCUT2D eigenvalue weighted by Gasteiger charge is -2.47. The Hall–Kier alpha value is -1.62. The van der Waals surface area contributed by atoms with Crippen molar-refractivity contribution in [3.8, 4) is 5.75 Å². The third-order valence-corrected chi connectivity index (χ3v) is 4.31. The fraction of sp³-hybridized carbons (Fsp3) is 0.556. The lowest BCUT2D eigenvalue weighted by atomic mass is 9.86. The van der Waals surface area contributed by atoms with Gasteiger partial charge >= 0.3 is 5.92 Å². The van der Waals surface area contributed by atoms with E-state index in [1.807, 2.05) is 6.92 Å². The number of hydrogen-bond acceptors (Lipinski definition) is 3. The number of alkyl halides is 2. The highest BCUT2D eigenvalue weighted by atomic mass is 19.3. The molecule has 0 saturated carbocycles. The molecule has 1 atom stereocenters. The highest BCUT2D eigenvalue weighted by Crippen LogP contribution is 2.53. The molecule has 0 radical (unpaired) electrons. The molecule has 0 aliphatic carbocycles. The second-order valence-electron chi connectivity index (χ2n) is 6.49. The normalized spacial score (nSPS) is 21.0. The number of unbranched alkanes of at least 4 members (excludes halogenated alkanes) is 1. The average molecular weight is 325 g/mol. The molecule has 0 spiro atoms. The summed E-state index contributed by atoms with van der Waals surface area (Å²) in [5.41, 5.74) is -3.53. The van der Waals surface area contributed by atoms with Crippen LogP contribution in [0.4, 0.5) is 14.5 Å². The monoisotopic (exact) mass is 325 g/mol. The number of ether oxygens (including phenoxy) is 1. The fourth-order valence-electron chi connectivity index (χ4n) is 3.04. The van der Waals surface area contributed by atoms with Crippen LogP contribution in [0.1, 0.15) is 40.0 Å². The standard InChI is InChI=1S/C18H25F2NO2/c1-5-7-12-17(18(19,20)16(3,4)22)21(13-6-2)14-10-8-9-11-15(14)23-17/h6,8-11,22H,2,5,7,12-13H2,1,3-4H3.